The van der Waals surface area contributed by atoms with E-state index in [0.717, 1.165) is 17.1 Å². The van der Waals surface area contributed by atoms with Gasteiger partial charge in [0.1, 0.15) is 0 Å². The molecule has 10 aromatic rings. The van der Waals surface area contributed by atoms with Crippen LogP contribution in [0.15, 0.2) is 224 Å². The topological polar surface area (TPSA) is 3.24 Å². The van der Waals surface area contributed by atoms with Crippen LogP contribution in [0.4, 0.5) is 17.1 Å². The Labute approximate surface area is 338 Å². The molecule has 10 aromatic carbocycles. The molecular formula is C57H37N. The van der Waals surface area contributed by atoms with Crippen molar-refractivity contribution < 1.29 is 0 Å². The van der Waals surface area contributed by atoms with Crippen LogP contribution in [0.25, 0.3) is 66.1 Å². The summed E-state index contributed by atoms with van der Waals surface area (Å²) >= 11 is 0. The van der Waals surface area contributed by atoms with Gasteiger partial charge in [-0.15, -0.1) is 0 Å². The van der Waals surface area contributed by atoms with Crippen LogP contribution in [-0.4, -0.2) is 0 Å². The SMILES string of the molecule is c1ccc(-c2ccc(N(c3cccc4c3-c3ccccc3C4(c3ccccc3)c3ccccc3)c3cccc4cc5c(cc34)-c3cc4ccccc4cc3-5)cc2)cc1. The predicted molar refractivity (Wildman–Crippen MR) is 243 cm³/mol. The first-order chi connectivity index (χ1) is 28.8. The van der Waals surface area contributed by atoms with Crippen LogP contribution in [0.2, 0.25) is 0 Å². The lowest BCUT2D eigenvalue weighted by atomic mass is 9.68. The molecule has 1 nitrogen and oxygen atoms in total. The van der Waals surface area contributed by atoms with Crippen LogP contribution >= 0.6 is 0 Å². The quantitative estimate of drug-likeness (QED) is 0.164. The van der Waals surface area contributed by atoms with E-state index in [1.165, 1.54) is 88.3 Å². The van der Waals surface area contributed by atoms with Crippen molar-refractivity contribution in [3.05, 3.63) is 247 Å². The van der Waals surface area contributed by atoms with Crippen molar-refractivity contribution in [2.24, 2.45) is 0 Å². The molecule has 58 heavy (non-hydrogen) atoms. The largest absolute Gasteiger partial charge is 0.309 e. The van der Waals surface area contributed by atoms with E-state index >= 15 is 0 Å². The molecule has 0 unspecified atom stereocenters. The summed E-state index contributed by atoms with van der Waals surface area (Å²) < 4.78 is 0. The lowest BCUT2D eigenvalue weighted by molar-refractivity contribution is 0.768. The average molecular weight is 736 g/mol. The number of fused-ring (bicyclic) bond motifs is 9. The van der Waals surface area contributed by atoms with Gasteiger partial charge in [0.2, 0.25) is 0 Å². The highest BCUT2D eigenvalue weighted by Crippen LogP contribution is 2.60. The summed E-state index contributed by atoms with van der Waals surface area (Å²) in [4.78, 5) is 2.52. The number of benzene rings is 10. The van der Waals surface area contributed by atoms with E-state index in [9.17, 15) is 0 Å². The summed E-state index contributed by atoms with van der Waals surface area (Å²) in [5.74, 6) is 0. The maximum Gasteiger partial charge on any atom is 0.0714 e. The first kappa shape index (κ1) is 32.7. The molecule has 2 aliphatic rings. The molecule has 0 aromatic heterocycles. The van der Waals surface area contributed by atoms with E-state index in [1.807, 2.05) is 0 Å². The summed E-state index contributed by atoms with van der Waals surface area (Å²) in [5.41, 5.74) is 18.3. The molecule has 270 valence electrons. The number of anilines is 3. The van der Waals surface area contributed by atoms with E-state index in [1.54, 1.807) is 0 Å². The van der Waals surface area contributed by atoms with Crippen LogP contribution in [-0.2, 0) is 5.41 Å². The van der Waals surface area contributed by atoms with Gasteiger partial charge >= 0.3 is 0 Å². The second-order valence-electron chi connectivity index (χ2n) is 15.6. The summed E-state index contributed by atoms with van der Waals surface area (Å²) in [5, 5.41) is 5.02. The predicted octanol–water partition coefficient (Wildman–Crippen LogP) is 15.1. The third-order valence-electron chi connectivity index (χ3n) is 12.6. The Kier molecular flexibility index (Phi) is 7.21. The van der Waals surface area contributed by atoms with Crippen LogP contribution in [0.3, 0.4) is 0 Å². The zero-order chi connectivity index (χ0) is 38.2. The van der Waals surface area contributed by atoms with Crippen molar-refractivity contribution in [1.82, 2.24) is 0 Å². The van der Waals surface area contributed by atoms with Gasteiger partial charge in [-0.05, 0) is 126 Å². The molecule has 0 saturated heterocycles. The normalized spacial score (nSPS) is 13.0. The lowest BCUT2D eigenvalue weighted by Crippen LogP contribution is -2.28. The third kappa shape index (κ3) is 4.71. The summed E-state index contributed by atoms with van der Waals surface area (Å²) in [7, 11) is 0. The van der Waals surface area contributed by atoms with Crippen molar-refractivity contribution in [2.45, 2.75) is 5.41 Å². The van der Waals surface area contributed by atoms with Gasteiger partial charge in [-0.1, -0.05) is 176 Å². The number of rotatable bonds is 6. The monoisotopic (exact) mass is 735 g/mol. The van der Waals surface area contributed by atoms with Crippen molar-refractivity contribution in [1.29, 1.82) is 0 Å². The van der Waals surface area contributed by atoms with Crippen molar-refractivity contribution in [3.63, 3.8) is 0 Å². The summed E-state index contributed by atoms with van der Waals surface area (Å²) in [6.45, 7) is 0. The minimum absolute atomic E-state index is 0.499. The fraction of sp³-hybridized carbons (Fsp3) is 0.0175. The third-order valence-corrected chi connectivity index (χ3v) is 12.6. The second-order valence-corrected chi connectivity index (χ2v) is 15.6. The van der Waals surface area contributed by atoms with Crippen LogP contribution in [0.1, 0.15) is 22.3 Å². The zero-order valence-corrected chi connectivity index (χ0v) is 31.8. The highest BCUT2D eigenvalue weighted by atomic mass is 15.1. The Bertz CT molecular complexity index is 3160. The van der Waals surface area contributed by atoms with E-state index in [0.29, 0.717) is 0 Å². The van der Waals surface area contributed by atoms with E-state index < -0.39 is 5.41 Å². The van der Waals surface area contributed by atoms with Gasteiger partial charge in [-0.25, -0.2) is 0 Å². The van der Waals surface area contributed by atoms with Gasteiger partial charge in [0, 0.05) is 16.6 Å². The lowest BCUT2D eigenvalue weighted by Gasteiger charge is -2.34. The first-order valence-electron chi connectivity index (χ1n) is 20.2. The van der Waals surface area contributed by atoms with E-state index in [4.69, 9.17) is 0 Å². The van der Waals surface area contributed by atoms with Gasteiger partial charge in [-0.2, -0.15) is 0 Å². The van der Waals surface area contributed by atoms with E-state index in [-0.39, 0.29) is 0 Å². The fourth-order valence-corrected chi connectivity index (χ4v) is 10.1. The minimum Gasteiger partial charge on any atom is -0.309 e. The molecule has 0 atom stereocenters. The molecule has 0 fully saturated rings. The Morgan fingerprint density at radius 2 is 0.793 bits per heavy atom. The molecule has 0 N–H and O–H groups in total. The molecule has 0 bridgehead atoms. The maximum atomic E-state index is 2.52. The van der Waals surface area contributed by atoms with Crippen molar-refractivity contribution >= 4 is 38.6 Å². The van der Waals surface area contributed by atoms with Gasteiger partial charge in [0.15, 0.2) is 0 Å². The molecule has 2 aliphatic carbocycles. The molecule has 1 heteroatoms. The molecule has 0 spiro atoms. The van der Waals surface area contributed by atoms with Gasteiger partial charge in [-0.3, -0.25) is 0 Å². The number of hydrogen-bond acceptors (Lipinski definition) is 1. The van der Waals surface area contributed by atoms with Gasteiger partial charge in [0.05, 0.1) is 16.8 Å². The number of nitrogens with zero attached hydrogens (tertiary/aromatic N) is 1. The zero-order valence-electron chi connectivity index (χ0n) is 31.8. The molecule has 0 amide bonds. The Morgan fingerprint density at radius 1 is 0.310 bits per heavy atom. The Hall–Kier alpha value is -7.48. The van der Waals surface area contributed by atoms with Crippen LogP contribution in [0, 0.1) is 0 Å². The average Bonchev–Trinajstić information content (AvgIpc) is 3.61. The summed E-state index contributed by atoms with van der Waals surface area (Å²) in [6, 6.07) is 83.1. The number of hydrogen-bond donors (Lipinski definition) is 0. The summed E-state index contributed by atoms with van der Waals surface area (Å²) in [6.07, 6.45) is 0. The van der Waals surface area contributed by atoms with Gasteiger partial charge < -0.3 is 4.90 Å². The Morgan fingerprint density at radius 3 is 1.47 bits per heavy atom. The van der Waals surface area contributed by atoms with Crippen LogP contribution < -0.4 is 4.90 Å². The van der Waals surface area contributed by atoms with Crippen molar-refractivity contribution in [2.75, 3.05) is 4.90 Å². The molecular weight excluding hydrogens is 699 g/mol. The smallest absolute Gasteiger partial charge is 0.0714 e. The van der Waals surface area contributed by atoms with E-state index in [2.05, 4.69) is 229 Å². The highest BCUT2D eigenvalue weighted by Gasteiger charge is 2.47. The molecule has 0 radical (unpaired) electrons. The standard InChI is InChI=1S/C57H37N/c1-4-16-38(17-5-1)39-30-32-45(33-31-39)58(54-28-14-20-42-36-50-48-34-40-18-10-11-19-41(40)35-49(48)51(50)37-47(42)54)55-29-15-27-53-56(55)46-25-12-13-26-52(46)57(53,43-21-6-2-7-22-43)44-23-8-3-9-24-44/h1-37H. The van der Waals surface area contributed by atoms with Crippen LogP contribution in [0.5, 0.6) is 0 Å². The molecule has 0 heterocycles. The highest BCUT2D eigenvalue weighted by molar-refractivity contribution is 6.14. The molecule has 0 aliphatic heterocycles. The van der Waals surface area contributed by atoms with Gasteiger partial charge in [0.25, 0.3) is 0 Å². The Balaban J connectivity index is 1.13. The minimum atomic E-state index is -0.499. The fourth-order valence-electron chi connectivity index (χ4n) is 10.1. The maximum absolute atomic E-state index is 2.52. The first-order valence-corrected chi connectivity index (χ1v) is 20.2. The second kappa shape index (κ2) is 12.8. The molecule has 0 saturated carbocycles. The van der Waals surface area contributed by atoms with Crippen molar-refractivity contribution in [3.8, 4) is 44.5 Å². The molecule has 12 rings (SSSR count).